The zero-order valence-electron chi connectivity index (χ0n) is 18.7. The molecule has 1 aliphatic rings. The van der Waals surface area contributed by atoms with Gasteiger partial charge < -0.3 is 20.3 Å². The summed E-state index contributed by atoms with van der Waals surface area (Å²) in [5.74, 6) is 1.42. The highest BCUT2D eigenvalue weighted by Gasteiger charge is 2.22. The summed E-state index contributed by atoms with van der Waals surface area (Å²) >= 11 is 0. The highest BCUT2D eigenvalue weighted by atomic mass is 16.5. The number of ketones is 1. The number of nitrogens with one attached hydrogen (secondary N) is 2. The number of nitrogens with zero attached hydrogens (tertiary/aromatic N) is 1. The van der Waals surface area contributed by atoms with Gasteiger partial charge in [-0.3, -0.25) is 9.59 Å². The van der Waals surface area contributed by atoms with Gasteiger partial charge in [0.15, 0.2) is 0 Å². The molecule has 0 aromatic heterocycles. The summed E-state index contributed by atoms with van der Waals surface area (Å²) < 4.78 is 5.68. The minimum atomic E-state index is -0.0433. The Morgan fingerprint density at radius 3 is 2.45 bits per heavy atom. The molecule has 2 aromatic rings. The largest absolute Gasteiger partial charge is 0.493 e. The van der Waals surface area contributed by atoms with Crippen molar-refractivity contribution in [3.8, 4) is 5.75 Å². The van der Waals surface area contributed by atoms with Crippen molar-refractivity contribution >= 4 is 23.1 Å². The molecule has 1 saturated heterocycles. The second-order valence-corrected chi connectivity index (χ2v) is 8.64. The number of Topliss-reactive ketones (excluding diaryl/α,β-unsaturated/α-hetero) is 1. The number of hydrogen-bond donors (Lipinski definition) is 2. The van der Waals surface area contributed by atoms with E-state index in [4.69, 9.17) is 4.74 Å². The van der Waals surface area contributed by atoms with E-state index < -0.39 is 0 Å². The molecule has 0 aliphatic carbocycles. The van der Waals surface area contributed by atoms with Crippen LogP contribution >= 0.6 is 0 Å². The summed E-state index contributed by atoms with van der Waals surface area (Å²) in [5.41, 5.74) is 2.87. The molecular formula is C25H33N3O3. The van der Waals surface area contributed by atoms with Gasteiger partial charge >= 0.3 is 0 Å². The lowest BCUT2D eigenvalue weighted by Crippen LogP contribution is -2.35. The third-order valence-corrected chi connectivity index (χ3v) is 5.22. The molecular weight excluding hydrogens is 390 g/mol. The predicted octanol–water partition coefficient (Wildman–Crippen LogP) is 3.66. The average Bonchev–Trinajstić information content (AvgIpc) is 3.21. The van der Waals surface area contributed by atoms with E-state index in [1.54, 1.807) is 6.92 Å². The van der Waals surface area contributed by atoms with Gasteiger partial charge in [-0.1, -0.05) is 26.0 Å². The number of carbonyl (C=O) groups excluding carboxylic acids is 2. The van der Waals surface area contributed by atoms with Gasteiger partial charge in [-0.25, -0.2) is 0 Å². The minimum absolute atomic E-state index is 0.0433. The highest BCUT2D eigenvalue weighted by Crippen LogP contribution is 2.22. The minimum Gasteiger partial charge on any atom is -0.493 e. The molecule has 1 amide bonds. The first-order valence-electron chi connectivity index (χ1n) is 11.0. The molecule has 31 heavy (non-hydrogen) atoms. The van der Waals surface area contributed by atoms with E-state index in [-0.39, 0.29) is 11.7 Å². The number of benzene rings is 2. The van der Waals surface area contributed by atoms with Crippen LogP contribution in [0.4, 0.5) is 11.4 Å². The van der Waals surface area contributed by atoms with Crippen molar-refractivity contribution in [2.24, 2.45) is 5.92 Å². The van der Waals surface area contributed by atoms with Gasteiger partial charge in [0.2, 0.25) is 5.91 Å². The number of amides is 1. The smallest absolute Gasteiger partial charge is 0.228 e. The maximum Gasteiger partial charge on any atom is 0.228 e. The predicted molar refractivity (Wildman–Crippen MR) is 125 cm³/mol. The summed E-state index contributed by atoms with van der Waals surface area (Å²) in [4.78, 5) is 25.8. The van der Waals surface area contributed by atoms with Gasteiger partial charge in [-0.15, -0.1) is 0 Å². The van der Waals surface area contributed by atoms with Gasteiger partial charge in [-0.2, -0.15) is 0 Å². The molecule has 1 aliphatic heterocycles. The van der Waals surface area contributed by atoms with E-state index in [1.807, 2.05) is 48.5 Å². The van der Waals surface area contributed by atoms with Crippen LogP contribution < -0.4 is 20.3 Å². The molecule has 0 radical (unpaired) electrons. The zero-order chi connectivity index (χ0) is 22.2. The molecule has 1 fully saturated rings. The molecule has 6 nitrogen and oxygen atoms in total. The van der Waals surface area contributed by atoms with Crippen LogP contribution in [0.15, 0.2) is 48.5 Å². The van der Waals surface area contributed by atoms with Crippen molar-refractivity contribution < 1.29 is 14.3 Å². The first-order chi connectivity index (χ1) is 14.9. The average molecular weight is 424 g/mol. The van der Waals surface area contributed by atoms with E-state index in [0.717, 1.165) is 42.2 Å². The van der Waals surface area contributed by atoms with Crippen LogP contribution in [-0.4, -0.2) is 44.0 Å². The molecule has 6 heteroatoms. The molecule has 0 spiro atoms. The number of carbonyl (C=O) groups is 2. The molecule has 3 rings (SSSR count). The lowest BCUT2D eigenvalue weighted by molar-refractivity contribution is -0.116. The van der Waals surface area contributed by atoms with Crippen molar-refractivity contribution in [3.63, 3.8) is 0 Å². The van der Waals surface area contributed by atoms with Crippen molar-refractivity contribution in [2.45, 2.75) is 39.7 Å². The monoisotopic (exact) mass is 423 g/mol. The van der Waals surface area contributed by atoms with Gasteiger partial charge in [0, 0.05) is 30.5 Å². The summed E-state index contributed by atoms with van der Waals surface area (Å²) in [7, 11) is 0. The molecule has 1 atom stereocenters. The van der Waals surface area contributed by atoms with Crippen LogP contribution in [-0.2, 0) is 16.0 Å². The van der Waals surface area contributed by atoms with Gasteiger partial charge in [0.25, 0.3) is 0 Å². The Morgan fingerprint density at radius 2 is 1.81 bits per heavy atom. The number of hydrogen-bond acceptors (Lipinski definition) is 5. The fourth-order valence-corrected chi connectivity index (χ4v) is 3.56. The molecule has 2 N–H and O–H groups in total. The lowest BCUT2D eigenvalue weighted by atomic mass is 10.1. The van der Waals surface area contributed by atoms with Crippen LogP contribution in [0.2, 0.25) is 0 Å². The fraction of sp³-hybridized carbons (Fsp3) is 0.440. The normalized spacial score (nSPS) is 15.9. The topological polar surface area (TPSA) is 70.7 Å². The van der Waals surface area contributed by atoms with Gasteiger partial charge in [-0.05, 0) is 61.2 Å². The molecule has 1 heterocycles. The standard InChI is InChI=1S/C25H33N3O3/c1-18(2)17-31-24-10-4-20(5-11-24)14-25(30)27-21-6-8-23(9-7-21)28-13-12-22(16-28)26-15-19(3)29/h4-11,18,22,26H,12-17H2,1-3H3,(H,27,30). The second-order valence-electron chi connectivity index (χ2n) is 8.64. The van der Waals surface area contributed by atoms with Crippen LogP contribution in [0.1, 0.15) is 32.8 Å². The Labute approximate surface area is 185 Å². The summed E-state index contributed by atoms with van der Waals surface area (Å²) in [5, 5.41) is 6.27. The molecule has 0 saturated carbocycles. The zero-order valence-corrected chi connectivity index (χ0v) is 18.7. The number of anilines is 2. The van der Waals surface area contributed by atoms with Crippen molar-refractivity contribution in [1.29, 1.82) is 0 Å². The highest BCUT2D eigenvalue weighted by molar-refractivity contribution is 5.92. The van der Waals surface area contributed by atoms with Crippen molar-refractivity contribution in [1.82, 2.24) is 5.32 Å². The number of rotatable bonds is 10. The first kappa shape index (κ1) is 22.8. The van der Waals surface area contributed by atoms with Crippen LogP contribution in [0.3, 0.4) is 0 Å². The summed E-state index contributed by atoms with van der Waals surface area (Å²) in [6.45, 7) is 8.78. The van der Waals surface area contributed by atoms with Crippen molar-refractivity contribution in [3.05, 3.63) is 54.1 Å². The summed E-state index contributed by atoms with van der Waals surface area (Å²) in [6, 6.07) is 16.0. The Balaban J connectivity index is 1.46. The summed E-state index contributed by atoms with van der Waals surface area (Å²) in [6.07, 6.45) is 1.34. The van der Waals surface area contributed by atoms with Crippen LogP contribution in [0.25, 0.3) is 0 Å². The van der Waals surface area contributed by atoms with E-state index in [9.17, 15) is 9.59 Å². The second kappa shape index (κ2) is 11.0. The van der Waals surface area contributed by atoms with E-state index in [1.165, 1.54) is 0 Å². The van der Waals surface area contributed by atoms with Gasteiger partial charge in [0.05, 0.1) is 19.6 Å². The third-order valence-electron chi connectivity index (χ3n) is 5.22. The van der Waals surface area contributed by atoms with Crippen molar-refractivity contribution in [2.75, 3.05) is 36.5 Å². The maximum atomic E-state index is 12.4. The third kappa shape index (κ3) is 7.40. The Morgan fingerprint density at radius 1 is 1.10 bits per heavy atom. The first-order valence-corrected chi connectivity index (χ1v) is 11.0. The maximum absolute atomic E-state index is 12.4. The molecule has 166 valence electrons. The van der Waals surface area contributed by atoms with E-state index in [0.29, 0.717) is 31.5 Å². The Kier molecular flexibility index (Phi) is 8.06. The molecule has 0 bridgehead atoms. The quantitative estimate of drug-likeness (QED) is 0.610. The molecule has 1 unspecified atom stereocenters. The number of ether oxygens (including phenoxy) is 1. The van der Waals surface area contributed by atoms with Crippen LogP contribution in [0.5, 0.6) is 5.75 Å². The van der Waals surface area contributed by atoms with E-state index >= 15 is 0 Å². The SMILES string of the molecule is CC(=O)CNC1CCN(c2ccc(NC(=O)Cc3ccc(OCC(C)C)cc3)cc2)C1. The molecule has 2 aromatic carbocycles. The lowest BCUT2D eigenvalue weighted by Gasteiger charge is -2.19. The fourth-order valence-electron chi connectivity index (χ4n) is 3.56. The Hall–Kier alpha value is -2.86. The Bertz CT molecular complexity index is 863. The van der Waals surface area contributed by atoms with E-state index in [2.05, 4.69) is 29.4 Å². The van der Waals surface area contributed by atoms with Gasteiger partial charge in [0.1, 0.15) is 11.5 Å². The van der Waals surface area contributed by atoms with Crippen LogP contribution in [0, 0.1) is 5.92 Å².